The van der Waals surface area contributed by atoms with Crippen molar-refractivity contribution >= 4 is 0 Å². The molecule has 1 aromatic carbocycles. The summed E-state index contributed by atoms with van der Waals surface area (Å²) in [6.07, 6.45) is 3.83. The van der Waals surface area contributed by atoms with Crippen molar-refractivity contribution in [2.45, 2.75) is 13.1 Å². The predicted octanol–water partition coefficient (Wildman–Crippen LogP) is 1.74. The zero-order valence-corrected chi connectivity index (χ0v) is 12.8. The number of hydrogen-bond acceptors (Lipinski definition) is 5. The summed E-state index contributed by atoms with van der Waals surface area (Å²) in [6.45, 7) is 1.41. The Hall–Kier alpha value is -2.21. The minimum atomic E-state index is 0.612. The number of ether oxygens (including phenoxy) is 3. The molecule has 6 nitrogen and oxygen atoms in total. The van der Waals surface area contributed by atoms with Crippen molar-refractivity contribution in [3.05, 3.63) is 35.7 Å². The molecule has 21 heavy (non-hydrogen) atoms. The number of aromatic nitrogens is 2. The molecule has 0 radical (unpaired) electrons. The average molecular weight is 291 g/mol. The Kier molecular flexibility index (Phi) is 5.05. The first-order valence-electron chi connectivity index (χ1n) is 6.65. The number of nitrogens with zero attached hydrogens (tertiary/aromatic N) is 2. The number of benzene rings is 1. The van der Waals surface area contributed by atoms with E-state index in [9.17, 15) is 0 Å². The van der Waals surface area contributed by atoms with E-state index in [1.54, 1.807) is 26.0 Å². The van der Waals surface area contributed by atoms with Gasteiger partial charge in [-0.05, 0) is 6.07 Å². The smallest absolute Gasteiger partial charge is 0.203 e. The Morgan fingerprint density at radius 2 is 1.81 bits per heavy atom. The lowest BCUT2D eigenvalue weighted by Crippen LogP contribution is -2.13. The highest BCUT2D eigenvalue weighted by Crippen LogP contribution is 2.39. The SMILES string of the molecule is COc1ccc(CNCc2cnn(C)c2)c(OC)c1OC. The lowest BCUT2D eigenvalue weighted by atomic mass is 10.1. The summed E-state index contributed by atoms with van der Waals surface area (Å²) in [5, 5.41) is 7.51. The molecular weight excluding hydrogens is 270 g/mol. The summed E-state index contributed by atoms with van der Waals surface area (Å²) in [5.74, 6) is 1.96. The quantitative estimate of drug-likeness (QED) is 0.842. The fourth-order valence-corrected chi connectivity index (χ4v) is 2.21. The van der Waals surface area contributed by atoms with Gasteiger partial charge < -0.3 is 19.5 Å². The Bertz CT molecular complexity index is 596. The van der Waals surface area contributed by atoms with Gasteiger partial charge in [0.1, 0.15) is 0 Å². The molecular formula is C15H21N3O3. The normalized spacial score (nSPS) is 10.5. The zero-order chi connectivity index (χ0) is 15.2. The number of hydrogen-bond donors (Lipinski definition) is 1. The second-order valence-electron chi connectivity index (χ2n) is 4.62. The van der Waals surface area contributed by atoms with Gasteiger partial charge in [-0.15, -0.1) is 0 Å². The van der Waals surface area contributed by atoms with Crippen LogP contribution in [0.2, 0.25) is 0 Å². The van der Waals surface area contributed by atoms with Crippen LogP contribution in [0.4, 0.5) is 0 Å². The first-order valence-corrected chi connectivity index (χ1v) is 6.65. The molecule has 0 saturated heterocycles. The monoisotopic (exact) mass is 291 g/mol. The van der Waals surface area contributed by atoms with Crippen LogP contribution in [0.3, 0.4) is 0 Å². The van der Waals surface area contributed by atoms with Gasteiger partial charge in [0.05, 0.1) is 27.5 Å². The van der Waals surface area contributed by atoms with Crippen molar-refractivity contribution in [3.63, 3.8) is 0 Å². The third-order valence-electron chi connectivity index (χ3n) is 3.19. The fourth-order valence-electron chi connectivity index (χ4n) is 2.21. The van der Waals surface area contributed by atoms with Crippen LogP contribution >= 0.6 is 0 Å². The Balaban J connectivity index is 2.08. The summed E-state index contributed by atoms with van der Waals surface area (Å²) in [4.78, 5) is 0. The summed E-state index contributed by atoms with van der Waals surface area (Å²) in [6, 6.07) is 3.85. The maximum atomic E-state index is 5.46. The van der Waals surface area contributed by atoms with E-state index in [1.807, 2.05) is 31.6 Å². The van der Waals surface area contributed by atoms with E-state index in [-0.39, 0.29) is 0 Å². The van der Waals surface area contributed by atoms with Crippen molar-refractivity contribution in [3.8, 4) is 17.2 Å². The van der Waals surface area contributed by atoms with Crippen LogP contribution in [0.15, 0.2) is 24.5 Å². The number of rotatable bonds is 7. The maximum absolute atomic E-state index is 5.46. The van der Waals surface area contributed by atoms with Crippen LogP contribution in [-0.4, -0.2) is 31.1 Å². The first kappa shape index (κ1) is 15.2. The van der Waals surface area contributed by atoms with Gasteiger partial charge in [0, 0.05) is 37.5 Å². The van der Waals surface area contributed by atoms with Crippen LogP contribution < -0.4 is 19.5 Å². The number of aryl methyl sites for hydroxylation is 1. The van der Waals surface area contributed by atoms with Crippen LogP contribution in [-0.2, 0) is 20.1 Å². The molecule has 2 aromatic rings. The van der Waals surface area contributed by atoms with Gasteiger partial charge in [-0.3, -0.25) is 4.68 Å². The second-order valence-corrected chi connectivity index (χ2v) is 4.62. The molecule has 2 rings (SSSR count). The van der Waals surface area contributed by atoms with Crippen molar-refractivity contribution in [1.29, 1.82) is 0 Å². The zero-order valence-electron chi connectivity index (χ0n) is 12.8. The summed E-state index contributed by atoms with van der Waals surface area (Å²) in [5.41, 5.74) is 2.15. The summed E-state index contributed by atoms with van der Waals surface area (Å²) >= 11 is 0. The second kappa shape index (κ2) is 6.99. The maximum Gasteiger partial charge on any atom is 0.203 e. The van der Waals surface area contributed by atoms with E-state index in [2.05, 4.69) is 10.4 Å². The van der Waals surface area contributed by atoms with E-state index in [4.69, 9.17) is 14.2 Å². The van der Waals surface area contributed by atoms with Gasteiger partial charge in [-0.1, -0.05) is 6.07 Å². The molecule has 1 aromatic heterocycles. The molecule has 0 unspecified atom stereocenters. The summed E-state index contributed by atoms with van der Waals surface area (Å²) in [7, 11) is 6.74. The highest BCUT2D eigenvalue weighted by atomic mass is 16.5. The van der Waals surface area contributed by atoms with E-state index in [1.165, 1.54) is 0 Å². The first-order chi connectivity index (χ1) is 10.2. The molecule has 0 amide bonds. The molecule has 0 fully saturated rings. The lowest BCUT2D eigenvalue weighted by Gasteiger charge is -2.16. The van der Waals surface area contributed by atoms with Gasteiger partial charge >= 0.3 is 0 Å². The van der Waals surface area contributed by atoms with Crippen molar-refractivity contribution in [2.75, 3.05) is 21.3 Å². The Morgan fingerprint density at radius 3 is 2.38 bits per heavy atom. The van der Waals surface area contributed by atoms with Gasteiger partial charge in [0.15, 0.2) is 11.5 Å². The van der Waals surface area contributed by atoms with Gasteiger partial charge in [-0.2, -0.15) is 5.10 Å². The minimum absolute atomic E-state index is 0.612. The van der Waals surface area contributed by atoms with Gasteiger partial charge in [0.2, 0.25) is 5.75 Å². The molecule has 6 heteroatoms. The van der Waals surface area contributed by atoms with E-state index < -0.39 is 0 Å². The van der Waals surface area contributed by atoms with Crippen LogP contribution in [0.25, 0.3) is 0 Å². The molecule has 0 aliphatic rings. The van der Waals surface area contributed by atoms with E-state index in [0.717, 1.165) is 17.7 Å². The minimum Gasteiger partial charge on any atom is -0.493 e. The number of methoxy groups -OCH3 is 3. The average Bonchev–Trinajstić information content (AvgIpc) is 2.91. The topological polar surface area (TPSA) is 57.5 Å². The van der Waals surface area contributed by atoms with Crippen molar-refractivity contribution in [1.82, 2.24) is 15.1 Å². The third-order valence-corrected chi connectivity index (χ3v) is 3.19. The molecule has 0 aliphatic heterocycles. The van der Waals surface area contributed by atoms with Gasteiger partial charge in [0.25, 0.3) is 0 Å². The molecule has 0 atom stereocenters. The fraction of sp³-hybridized carbons (Fsp3) is 0.400. The number of nitrogens with one attached hydrogen (secondary N) is 1. The highest BCUT2D eigenvalue weighted by molar-refractivity contribution is 5.55. The van der Waals surface area contributed by atoms with Crippen molar-refractivity contribution in [2.24, 2.45) is 7.05 Å². The molecule has 1 N–H and O–H groups in total. The Labute approximate surface area is 124 Å². The highest BCUT2D eigenvalue weighted by Gasteiger charge is 2.15. The van der Waals surface area contributed by atoms with Gasteiger partial charge in [-0.25, -0.2) is 0 Å². The largest absolute Gasteiger partial charge is 0.493 e. The van der Waals surface area contributed by atoms with Crippen LogP contribution in [0.5, 0.6) is 17.2 Å². The Morgan fingerprint density at radius 1 is 1.05 bits per heavy atom. The van der Waals surface area contributed by atoms with Crippen LogP contribution in [0.1, 0.15) is 11.1 Å². The van der Waals surface area contributed by atoms with E-state index in [0.29, 0.717) is 23.8 Å². The molecule has 114 valence electrons. The molecule has 0 bridgehead atoms. The standard InChI is InChI=1S/C15H21N3O3/c1-18-10-11(8-17-18)7-16-9-12-5-6-13(19-2)15(21-4)14(12)20-3/h5-6,8,10,16H,7,9H2,1-4H3. The molecule has 0 saturated carbocycles. The summed E-state index contributed by atoms with van der Waals surface area (Å²) < 4.78 is 17.9. The molecule has 0 spiro atoms. The molecule has 0 aliphatic carbocycles. The predicted molar refractivity (Wildman–Crippen MR) is 79.8 cm³/mol. The van der Waals surface area contributed by atoms with E-state index >= 15 is 0 Å². The van der Waals surface area contributed by atoms with Crippen LogP contribution in [0, 0.1) is 0 Å². The third kappa shape index (κ3) is 3.46. The van der Waals surface area contributed by atoms with Crippen molar-refractivity contribution < 1.29 is 14.2 Å². The molecule has 1 heterocycles. The lowest BCUT2D eigenvalue weighted by molar-refractivity contribution is 0.321.